The molecule has 0 atom stereocenters. The van der Waals surface area contributed by atoms with E-state index >= 15 is 0 Å². The van der Waals surface area contributed by atoms with Crippen molar-refractivity contribution >= 4 is 27.5 Å². The van der Waals surface area contributed by atoms with Crippen molar-refractivity contribution in [3.63, 3.8) is 0 Å². The second-order valence-electron chi connectivity index (χ2n) is 5.93. The maximum absolute atomic E-state index is 13.2. The van der Waals surface area contributed by atoms with Gasteiger partial charge in [-0.1, -0.05) is 6.07 Å². The second kappa shape index (κ2) is 8.88. The number of pyridine rings is 1. The molecule has 0 aliphatic carbocycles. The van der Waals surface area contributed by atoms with Crippen molar-refractivity contribution in [3.05, 3.63) is 66.1 Å². The van der Waals surface area contributed by atoms with Gasteiger partial charge in [0.15, 0.2) is 11.6 Å². The van der Waals surface area contributed by atoms with E-state index in [9.17, 15) is 17.2 Å². The molecule has 0 saturated carbocycles. The molecule has 11 heteroatoms. The van der Waals surface area contributed by atoms with Crippen LogP contribution in [0.2, 0.25) is 0 Å². The van der Waals surface area contributed by atoms with Gasteiger partial charge in [-0.05, 0) is 37.3 Å². The van der Waals surface area contributed by atoms with E-state index in [4.69, 9.17) is 0 Å². The minimum Gasteiger partial charge on any atom is -0.369 e. The third-order valence-electron chi connectivity index (χ3n) is 3.68. The molecule has 8 nitrogen and oxygen atoms in total. The molecule has 152 valence electrons. The summed E-state index contributed by atoms with van der Waals surface area (Å²) in [5.41, 5.74) is 0. The summed E-state index contributed by atoms with van der Waals surface area (Å²) in [7, 11) is -3.96. The number of nitrogens with zero attached hydrogens (tertiary/aromatic N) is 3. The Morgan fingerprint density at radius 3 is 2.45 bits per heavy atom. The SMILES string of the molecule is Cc1nc(NCCNS(=O)(=O)c2ccc(F)c(F)c2)cc(Nc2ccccn2)n1. The fraction of sp³-hybridized carbons (Fsp3) is 0.167. The van der Waals surface area contributed by atoms with E-state index in [1.54, 1.807) is 31.3 Å². The Morgan fingerprint density at radius 1 is 0.931 bits per heavy atom. The van der Waals surface area contributed by atoms with Gasteiger partial charge < -0.3 is 10.6 Å². The highest BCUT2D eigenvalue weighted by atomic mass is 32.2. The van der Waals surface area contributed by atoms with Gasteiger partial charge in [-0.25, -0.2) is 36.9 Å². The molecule has 0 fully saturated rings. The number of hydrogen-bond donors (Lipinski definition) is 3. The Morgan fingerprint density at radius 2 is 1.72 bits per heavy atom. The van der Waals surface area contributed by atoms with Crippen LogP contribution in [-0.4, -0.2) is 36.5 Å². The summed E-state index contributed by atoms with van der Waals surface area (Å²) in [4.78, 5) is 12.3. The van der Waals surface area contributed by atoms with E-state index in [-0.39, 0.29) is 18.0 Å². The van der Waals surface area contributed by atoms with Crippen LogP contribution in [0.3, 0.4) is 0 Å². The molecule has 0 aliphatic heterocycles. The quantitative estimate of drug-likeness (QED) is 0.481. The largest absolute Gasteiger partial charge is 0.369 e. The fourth-order valence-electron chi connectivity index (χ4n) is 2.39. The molecule has 29 heavy (non-hydrogen) atoms. The Balaban J connectivity index is 1.58. The first kappa shape index (κ1) is 20.6. The van der Waals surface area contributed by atoms with Crippen LogP contribution in [0.1, 0.15) is 5.82 Å². The fourth-order valence-corrected chi connectivity index (χ4v) is 3.44. The van der Waals surface area contributed by atoms with Crippen molar-refractivity contribution in [2.75, 3.05) is 23.7 Å². The van der Waals surface area contributed by atoms with Gasteiger partial charge in [0.25, 0.3) is 0 Å². The number of halogens is 2. The zero-order valence-corrected chi connectivity index (χ0v) is 16.2. The van der Waals surface area contributed by atoms with Gasteiger partial charge in [0.2, 0.25) is 10.0 Å². The van der Waals surface area contributed by atoms with Crippen LogP contribution in [0.5, 0.6) is 0 Å². The van der Waals surface area contributed by atoms with Gasteiger partial charge in [0.1, 0.15) is 23.3 Å². The minimum absolute atomic E-state index is 0.00732. The molecule has 2 aromatic heterocycles. The first-order valence-electron chi connectivity index (χ1n) is 8.56. The number of hydrogen-bond acceptors (Lipinski definition) is 7. The molecule has 0 bridgehead atoms. The van der Waals surface area contributed by atoms with Crippen molar-refractivity contribution in [1.82, 2.24) is 19.7 Å². The van der Waals surface area contributed by atoms with Crippen molar-refractivity contribution in [3.8, 4) is 0 Å². The van der Waals surface area contributed by atoms with Crippen molar-refractivity contribution in [2.45, 2.75) is 11.8 Å². The molecule has 0 spiro atoms. The monoisotopic (exact) mass is 420 g/mol. The van der Waals surface area contributed by atoms with Crippen LogP contribution in [0.25, 0.3) is 0 Å². The zero-order valence-electron chi connectivity index (χ0n) is 15.4. The highest BCUT2D eigenvalue weighted by molar-refractivity contribution is 7.89. The first-order chi connectivity index (χ1) is 13.8. The summed E-state index contributed by atoms with van der Waals surface area (Å²) in [6, 6.07) is 9.48. The molecule has 3 rings (SSSR count). The molecule has 0 unspecified atom stereocenters. The third kappa shape index (κ3) is 5.65. The Kier molecular flexibility index (Phi) is 6.29. The number of sulfonamides is 1. The van der Waals surface area contributed by atoms with Gasteiger partial charge in [0.05, 0.1) is 4.90 Å². The number of aromatic nitrogens is 3. The van der Waals surface area contributed by atoms with E-state index in [0.29, 0.717) is 29.3 Å². The summed E-state index contributed by atoms with van der Waals surface area (Å²) in [5, 5.41) is 6.03. The lowest BCUT2D eigenvalue weighted by Crippen LogP contribution is -2.29. The van der Waals surface area contributed by atoms with Crippen molar-refractivity contribution in [2.24, 2.45) is 0 Å². The van der Waals surface area contributed by atoms with Gasteiger partial charge in [-0.2, -0.15) is 0 Å². The maximum atomic E-state index is 13.2. The zero-order chi connectivity index (χ0) is 20.9. The lowest BCUT2D eigenvalue weighted by atomic mass is 10.3. The number of aryl methyl sites for hydroxylation is 1. The van der Waals surface area contributed by atoms with Crippen LogP contribution in [0.15, 0.2) is 53.6 Å². The highest BCUT2D eigenvalue weighted by Gasteiger charge is 2.15. The van der Waals surface area contributed by atoms with Gasteiger partial charge >= 0.3 is 0 Å². The second-order valence-corrected chi connectivity index (χ2v) is 7.69. The first-order valence-corrected chi connectivity index (χ1v) is 10.0. The molecular weight excluding hydrogens is 402 g/mol. The predicted molar refractivity (Wildman–Crippen MR) is 104 cm³/mol. The van der Waals surface area contributed by atoms with E-state index < -0.39 is 21.7 Å². The molecule has 0 saturated heterocycles. The average Bonchev–Trinajstić information content (AvgIpc) is 2.68. The van der Waals surface area contributed by atoms with E-state index in [0.717, 1.165) is 12.1 Å². The minimum atomic E-state index is -3.96. The Labute approximate surface area is 166 Å². The standard InChI is InChI=1S/C18H18F2N6O2S/c1-12-24-17(11-18(25-12)26-16-4-2-3-7-21-16)22-8-9-23-29(27,28)13-5-6-14(19)15(20)10-13/h2-7,10-11,23H,8-9H2,1H3,(H2,21,22,24,25,26). The van der Waals surface area contributed by atoms with Crippen molar-refractivity contribution < 1.29 is 17.2 Å². The molecule has 1 aromatic carbocycles. The summed E-state index contributed by atoms with van der Waals surface area (Å²) >= 11 is 0. The smallest absolute Gasteiger partial charge is 0.240 e. The van der Waals surface area contributed by atoms with Gasteiger partial charge in [-0.15, -0.1) is 0 Å². The summed E-state index contributed by atoms with van der Waals surface area (Å²) in [6.07, 6.45) is 1.65. The lowest BCUT2D eigenvalue weighted by Gasteiger charge is -2.11. The Hall–Kier alpha value is -3.18. The summed E-state index contributed by atoms with van der Waals surface area (Å²) in [5.74, 6) is -0.189. The number of nitrogens with one attached hydrogen (secondary N) is 3. The van der Waals surface area contributed by atoms with Crippen LogP contribution in [0, 0.1) is 18.6 Å². The topological polar surface area (TPSA) is 109 Å². The van der Waals surface area contributed by atoms with Crippen LogP contribution >= 0.6 is 0 Å². The third-order valence-corrected chi connectivity index (χ3v) is 5.14. The predicted octanol–water partition coefficient (Wildman–Crippen LogP) is 2.59. The Bertz CT molecular complexity index is 1100. The molecule has 3 aromatic rings. The van der Waals surface area contributed by atoms with E-state index in [1.807, 2.05) is 6.07 Å². The van der Waals surface area contributed by atoms with Gasteiger partial charge in [-0.3, -0.25) is 0 Å². The van der Waals surface area contributed by atoms with Crippen LogP contribution in [-0.2, 0) is 10.0 Å². The van der Waals surface area contributed by atoms with Gasteiger partial charge in [0, 0.05) is 25.4 Å². The van der Waals surface area contributed by atoms with E-state index in [1.165, 1.54) is 0 Å². The highest BCUT2D eigenvalue weighted by Crippen LogP contribution is 2.16. The van der Waals surface area contributed by atoms with E-state index in [2.05, 4.69) is 30.3 Å². The molecular formula is C18H18F2N6O2S. The number of benzene rings is 1. The molecule has 0 amide bonds. The van der Waals surface area contributed by atoms with Crippen LogP contribution in [0.4, 0.5) is 26.2 Å². The summed E-state index contributed by atoms with van der Waals surface area (Å²) < 4.78 is 52.8. The normalized spacial score (nSPS) is 11.3. The van der Waals surface area contributed by atoms with Crippen molar-refractivity contribution in [1.29, 1.82) is 0 Å². The lowest BCUT2D eigenvalue weighted by molar-refractivity contribution is 0.504. The molecule has 0 aliphatic rings. The average molecular weight is 420 g/mol. The number of rotatable bonds is 8. The maximum Gasteiger partial charge on any atom is 0.240 e. The number of anilines is 3. The summed E-state index contributed by atoms with van der Waals surface area (Å²) in [6.45, 7) is 1.94. The molecule has 3 N–H and O–H groups in total. The molecule has 2 heterocycles. The molecule has 0 radical (unpaired) electrons. The van der Waals surface area contributed by atoms with Crippen LogP contribution < -0.4 is 15.4 Å².